The van der Waals surface area contributed by atoms with Gasteiger partial charge in [0.25, 0.3) is 0 Å². The average Bonchev–Trinajstić information content (AvgIpc) is 2.49. The number of halogens is 1. The number of para-hydroxylation sites is 1. The Kier molecular flexibility index (Phi) is 3.83. The zero-order valence-electron chi connectivity index (χ0n) is 12.0. The van der Waals surface area contributed by atoms with Gasteiger partial charge < -0.3 is 15.2 Å². The number of hydrogen-bond donors (Lipinski definition) is 1. The highest BCUT2D eigenvalue weighted by atomic mass is 35.5. The van der Waals surface area contributed by atoms with E-state index >= 15 is 0 Å². The van der Waals surface area contributed by atoms with Crippen molar-refractivity contribution in [3.8, 4) is 5.75 Å². The van der Waals surface area contributed by atoms with Crippen molar-refractivity contribution in [2.24, 2.45) is 5.73 Å². The molecule has 0 aromatic heterocycles. The van der Waals surface area contributed by atoms with Crippen molar-refractivity contribution >= 4 is 11.6 Å². The quantitative estimate of drug-likeness (QED) is 0.923. The summed E-state index contributed by atoms with van der Waals surface area (Å²) in [6, 6.07) is 5.65. The van der Waals surface area contributed by atoms with Gasteiger partial charge in [0, 0.05) is 18.5 Å². The highest BCUT2D eigenvalue weighted by Gasteiger charge is 2.47. The Morgan fingerprint density at radius 3 is 2.58 bits per heavy atom. The second-order valence-electron chi connectivity index (χ2n) is 6.21. The average molecular weight is 284 g/mol. The van der Waals surface area contributed by atoms with Gasteiger partial charge in [-0.1, -0.05) is 23.7 Å². The Balaban J connectivity index is 2.27. The Morgan fingerprint density at radius 2 is 2.05 bits per heavy atom. The molecule has 3 nitrogen and oxygen atoms in total. The van der Waals surface area contributed by atoms with E-state index in [1.54, 1.807) is 0 Å². The van der Waals surface area contributed by atoms with Gasteiger partial charge in [0.1, 0.15) is 17.5 Å². The molecule has 0 aliphatic carbocycles. The predicted molar refractivity (Wildman–Crippen MR) is 77.6 cm³/mol. The highest BCUT2D eigenvalue weighted by molar-refractivity contribution is 6.32. The van der Waals surface area contributed by atoms with E-state index in [1.165, 1.54) is 0 Å². The van der Waals surface area contributed by atoms with Crippen molar-refractivity contribution < 1.29 is 9.47 Å². The van der Waals surface area contributed by atoms with E-state index in [4.69, 9.17) is 26.8 Å². The van der Waals surface area contributed by atoms with Gasteiger partial charge in [-0.05, 0) is 33.8 Å². The summed E-state index contributed by atoms with van der Waals surface area (Å²) in [6.45, 7) is 8.66. The van der Waals surface area contributed by atoms with Crippen LogP contribution in [0, 0.1) is 0 Å². The van der Waals surface area contributed by atoms with Gasteiger partial charge >= 0.3 is 0 Å². The molecule has 1 saturated heterocycles. The maximum Gasteiger partial charge on any atom is 0.142 e. The number of hydrogen-bond acceptors (Lipinski definition) is 3. The molecular weight excluding hydrogens is 262 g/mol. The fourth-order valence-electron chi connectivity index (χ4n) is 2.68. The lowest BCUT2D eigenvalue weighted by Gasteiger charge is -2.28. The molecule has 0 radical (unpaired) electrons. The first-order valence-electron chi connectivity index (χ1n) is 6.59. The minimum absolute atomic E-state index is 0.0345. The maximum atomic E-state index is 6.23. The van der Waals surface area contributed by atoms with Crippen LogP contribution in [0.5, 0.6) is 5.75 Å². The standard InChI is InChI=1S/C15H22ClNO2/c1-14(2)8-12(15(3,4)19-14)18-13-10(9-17)6-5-7-11(13)16/h5-7,12H,8-9,17H2,1-4H3. The van der Waals surface area contributed by atoms with Crippen molar-refractivity contribution in [3.05, 3.63) is 28.8 Å². The summed E-state index contributed by atoms with van der Waals surface area (Å²) in [5, 5.41) is 0.600. The predicted octanol–water partition coefficient (Wildman–Crippen LogP) is 3.52. The molecule has 1 aromatic rings. The van der Waals surface area contributed by atoms with E-state index < -0.39 is 0 Å². The highest BCUT2D eigenvalue weighted by Crippen LogP contribution is 2.41. The number of rotatable bonds is 3. The zero-order chi connectivity index (χ0) is 14.3. The lowest BCUT2D eigenvalue weighted by Crippen LogP contribution is -2.37. The van der Waals surface area contributed by atoms with Crippen molar-refractivity contribution in [1.29, 1.82) is 0 Å². The number of ether oxygens (including phenoxy) is 2. The summed E-state index contributed by atoms with van der Waals surface area (Å²) in [5.41, 5.74) is 6.15. The van der Waals surface area contributed by atoms with Crippen LogP contribution in [0.1, 0.15) is 39.7 Å². The van der Waals surface area contributed by atoms with Crippen molar-refractivity contribution in [1.82, 2.24) is 0 Å². The Morgan fingerprint density at radius 1 is 1.37 bits per heavy atom. The summed E-state index contributed by atoms with van der Waals surface area (Å²) < 4.78 is 12.2. The molecule has 4 heteroatoms. The first kappa shape index (κ1) is 14.6. The van der Waals surface area contributed by atoms with E-state index in [0.717, 1.165) is 12.0 Å². The molecule has 1 aliphatic rings. The third kappa shape index (κ3) is 3.04. The molecule has 19 heavy (non-hydrogen) atoms. The van der Waals surface area contributed by atoms with E-state index in [1.807, 2.05) is 32.0 Å². The lowest BCUT2D eigenvalue weighted by atomic mass is 9.97. The summed E-state index contributed by atoms with van der Waals surface area (Å²) in [5.74, 6) is 0.686. The third-order valence-electron chi connectivity index (χ3n) is 3.52. The van der Waals surface area contributed by atoms with Gasteiger partial charge in [0.15, 0.2) is 0 Å². The second-order valence-corrected chi connectivity index (χ2v) is 6.62. The molecule has 0 spiro atoms. The molecule has 2 rings (SSSR count). The molecule has 0 saturated carbocycles. The largest absolute Gasteiger partial charge is 0.485 e. The molecule has 0 bridgehead atoms. The van der Waals surface area contributed by atoms with Gasteiger partial charge in [0.2, 0.25) is 0 Å². The van der Waals surface area contributed by atoms with Gasteiger partial charge in [-0.25, -0.2) is 0 Å². The van der Waals surface area contributed by atoms with Crippen LogP contribution in [-0.4, -0.2) is 17.3 Å². The molecule has 0 amide bonds. The second kappa shape index (κ2) is 4.97. The van der Waals surface area contributed by atoms with Crippen LogP contribution in [-0.2, 0) is 11.3 Å². The Labute approximate surface area is 120 Å². The van der Waals surface area contributed by atoms with Crippen LogP contribution in [0.4, 0.5) is 0 Å². The SMILES string of the molecule is CC1(C)CC(Oc2c(Cl)cccc2CN)C(C)(C)O1. The fraction of sp³-hybridized carbons (Fsp3) is 0.600. The molecule has 1 fully saturated rings. The van der Waals surface area contributed by atoms with Crippen molar-refractivity contribution in [2.75, 3.05) is 0 Å². The van der Waals surface area contributed by atoms with E-state index in [2.05, 4.69) is 13.8 Å². The van der Waals surface area contributed by atoms with Crippen LogP contribution in [0.15, 0.2) is 18.2 Å². The third-order valence-corrected chi connectivity index (χ3v) is 3.82. The number of nitrogens with two attached hydrogens (primary N) is 1. The van der Waals surface area contributed by atoms with Crippen molar-refractivity contribution in [2.45, 2.75) is 58.0 Å². The van der Waals surface area contributed by atoms with Crippen molar-refractivity contribution in [3.63, 3.8) is 0 Å². The molecule has 1 atom stereocenters. The summed E-state index contributed by atoms with van der Waals surface area (Å²) in [7, 11) is 0. The minimum atomic E-state index is -0.339. The molecule has 106 valence electrons. The van der Waals surface area contributed by atoms with E-state index in [0.29, 0.717) is 17.3 Å². The maximum absolute atomic E-state index is 6.23. The Bertz CT molecular complexity index is 471. The smallest absolute Gasteiger partial charge is 0.142 e. The van der Waals surface area contributed by atoms with Crippen LogP contribution in [0.2, 0.25) is 5.02 Å². The van der Waals surface area contributed by atoms with Crippen LogP contribution in [0.25, 0.3) is 0 Å². The van der Waals surface area contributed by atoms with Crippen LogP contribution >= 0.6 is 11.6 Å². The minimum Gasteiger partial charge on any atom is -0.485 e. The molecule has 1 aliphatic heterocycles. The van der Waals surface area contributed by atoms with Crippen LogP contribution in [0.3, 0.4) is 0 Å². The lowest BCUT2D eigenvalue weighted by molar-refractivity contribution is -0.0846. The summed E-state index contributed by atoms with van der Waals surface area (Å²) in [6.07, 6.45) is 0.794. The number of benzene rings is 1. The first-order valence-corrected chi connectivity index (χ1v) is 6.97. The molecule has 2 N–H and O–H groups in total. The normalized spacial score (nSPS) is 24.4. The molecule has 1 aromatic carbocycles. The fourth-order valence-corrected chi connectivity index (χ4v) is 2.92. The van der Waals surface area contributed by atoms with Gasteiger partial charge in [-0.3, -0.25) is 0 Å². The van der Waals surface area contributed by atoms with Gasteiger partial charge in [0.05, 0.1) is 10.6 Å². The molecular formula is C15H22ClNO2. The summed E-state index contributed by atoms with van der Waals surface area (Å²) in [4.78, 5) is 0. The molecule has 1 unspecified atom stereocenters. The molecule has 1 heterocycles. The Hall–Kier alpha value is -0.770. The zero-order valence-corrected chi connectivity index (χ0v) is 12.8. The first-order chi connectivity index (χ1) is 8.75. The summed E-state index contributed by atoms with van der Waals surface area (Å²) >= 11 is 6.23. The van der Waals surface area contributed by atoms with E-state index in [9.17, 15) is 0 Å². The monoisotopic (exact) mass is 283 g/mol. The van der Waals surface area contributed by atoms with Crippen LogP contribution < -0.4 is 10.5 Å². The van der Waals surface area contributed by atoms with Gasteiger partial charge in [-0.15, -0.1) is 0 Å². The van der Waals surface area contributed by atoms with E-state index in [-0.39, 0.29) is 17.3 Å². The topological polar surface area (TPSA) is 44.5 Å². The van der Waals surface area contributed by atoms with Gasteiger partial charge in [-0.2, -0.15) is 0 Å².